The lowest BCUT2D eigenvalue weighted by atomic mass is 10.1. The Bertz CT molecular complexity index is 328. The molecule has 5 nitrogen and oxygen atoms in total. The van der Waals surface area contributed by atoms with Gasteiger partial charge in [0.25, 0.3) is 0 Å². The lowest BCUT2D eigenvalue weighted by molar-refractivity contribution is 0.0348. The number of aliphatic hydroxyl groups is 1. The highest BCUT2D eigenvalue weighted by Crippen LogP contribution is 2.03. The molecule has 0 aliphatic rings. The third kappa shape index (κ3) is 10.5. The summed E-state index contributed by atoms with van der Waals surface area (Å²) in [5.74, 6) is 0.725. The van der Waals surface area contributed by atoms with E-state index in [0.717, 1.165) is 44.9 Å². The summed E-state index contributed by atoms with van der Waals surface area (Å²) >= 11 is 0. The van der Waals surface area contributed by atoms with E-state index in [4.69, 9.17) is 4.74 Å². The molecule has 21 heavy (non-hydrogen) atoms. The maximum absolute atomic E-state index is 9.76. The summed E-state index contributed by atoms with van der Waals surface area (Å²) in [5.41, 5.74) is 0. The van der Waals surface area contributed by atoms with Crippen molar-refractivity contribution in [2.75, 3.05) is 26.3 Å². The van der Waals surface area contributed by atoms with Gasteiger partial charge in [0, 0.05) is 32.1 Å². The Morgan fingerprint density at radius 2 is 2.14 bits per heavy atom. The van der Waals surface area contributed by atoms with Gasteiger partial charge < -0.3 is 19.7 Å². The second-order valence-electron chi connectivity index (χ2n) is 5.98. The molecule has 1 rings (SSSR count). The number of hydrogen-bond donors (Lipinski definition) is 2. The van der Waals surface area contributed by atoms with Crippen LogP contribution in [-0.4, -0.2) is 47.1 Å². The Hall–Kier alpha value is -0.910. The molecule has 1 heterocycles. The van der Waals surface area contributed by atoms with E-state index in [2.05, 4.69) is 28.7 Å². The minimum Gasteiger partial charge on any atom is -0.389 e. The molecule has 1 aromatic rings. The predicted molar refractivity (Wildman–Crippen MR) is 85.2 cm³/mol. The average Bonchev–Trinajstić information content (AvgIpc) is 2.95. The van der Waals surface area contributed by atoms with E-state index in [1.165, 1.54) is 6.42 Å². The average molecular weight is 297 g/mol. The number of imidazole rings is 1. The summed E-state index contributed by atoms with van der Waals surface area (Å²) in [6.07, 6.45) is 9.69. The number of unbranched alkanes of at least 4 members (excludes halogenated alkanes) is 1. The normalized spacial score (nSPS) is 13.0. The molecule has 0 aliphatic carbocycles. The monoisotopic (exact) mass is 297 g/mol. The van der Waals surface area contributed by atoms with Gasteiger partial charge in [-0.3, -0.25) is 0 Å². The molecular formula is C16H31N3O2. The molecule has 0 amide bonds. The molecule has 0 bridgehead atoms. The Morgan fingerprint density at radius 3 is 2.86 bits per heavy atom. The predicted octanol–water partition coefficient (Wildman–Crippen LogP) is 2.07. The number of nitrogens with one attached hydrogen (secondary N) is 1. The molecule has 0 aliphatic heterocycles. The molecule has 0 fully saturated rings. The fraction of sp³-hybridized carbons (Fsp3) is 0.812. The van der Waals surface area contributed by atoms with Crippen LogP contribution in [0.3, 0.4) is 0 Å². The highest BCUT2D eigenvalue weighted by molar-refractivity contribution is 4.73. The Kier molecular flexibility index (Phi) is 10.1. The maximum Gasteiger partial charge on any atom is 0.0945 e. The van der Waals surface area contributed by atoms with E-state index < -0.39 is 6.10 Å². The first-order valence-corrected chi connectivity index (χ1v) is 8.10. The summed E-state index contributed by atoms with van der Waals surface area (Å²) in [7, 11) is 0. The molecule has 0 aromatic carbocycles. The molecule has 0 saturated carbocycles. The summed E-state index contributed by atoms with van der Waals surface area (Å²) in [4.78, 5) is 4.01. The minimum absolute atomic E-state index is 0.405. The van der Waals surface area contributed by atoms with E-state index >= 15 is 0 Å². The standard InChI is InChI=1S/C16H31N3O2/c1-15(2)6-5-11-21-13-16(20)12-17-7-3-4-9-19-10-8-18-14-19/h8,10,14-17,20H,3-7,9,11-13H2,1-2H3. The first-order chi connectivity index (χ1) is 10.2. The molecule has 1 atom stereocenters. The Labute approximate surface area is 128 Å². The first kappa shape index (κ1) is 18.1. The highest BCUT2D eigenvalue weighted by atomic mass is 16.5. The zero-order valence-electron chi connectivity index (χ0n) is 13.5. The summed E-state index contributed by atoms with van der Waals surface area (Å²) in [5, 5.41) is 13.0. The van der Waals surface area contributed by atoms with Crippen LogP contribution < -0.4 is 5.32 Å². The molecule has 0 spiro atoms. The van der Waals surface area contributed by atoms with Gasteiger partial charge in [-0.25, -0.2) is 4.98 Å². The lowest BCUT2D eigenvalue weighted by Crippen LogP contribution is -2.31. The second kappa shape index (κ2) is 11.7. The molecule has 0 radical (unpaired) electrons. The molecule has 5 heteroatoms. The van der Waals surface area contributed by atoms with Crippen LogP contribution >= 0.6 is 0 Å². The van der Waals surface area contributed by atoms with Gasteiger partial charge in [0.15, 0.2) is 0 Å². The van der Waals surface area contributed by atoms with E-state index in [-0.39, 0.29) is 0 Å². The summed E-state index contributed by atoms with van der Waals surface area (Å²) < 4.78 is 7.56. The van der Waals surface area contributed by atoms with E-state index in [9.17, 15) is 5.11 Å². The Balaban J connectivity index is 1.83. The van der Waals surface area contributed by atoms with Gasteiger partial charge in [-0.2, -0.15) is 0 Å². The second-order valence-corrected chi connectivity index (χ2v) is 5.98. The third-order valence-electron chi connectivity index (χ3n) is 3.34. The third-order valence-corrected chi connectivity index (χ3v) is 3.34. The van der Waals surface area contributed by atoms with Gasteiger partial charge in [0.05, 0.1) is 19.0 Å². The van der Waals surface area contributed by atoms with E-state index in [1.807, 2.05) is 12.5 Å². The van der Waals surface area contributed by atoms with Crippen molar-refractivity contribution in [3.05, 3.63) is 18.7 Å². The molecule has 122 valence electrons. The SMILES string of the molecule is CC(C)CCCOCC(O)CNCCCCn1ccnc1. The largest absolute Gasteiger partial charge is 0.389 e. The van der Waals surface area contributed by atoms with Crippen LogP contribution in [0.15, 0.2) is 18.7 Å². The zero-order chi connectivity index (χ0) is 15.3. The van der Waals surface area contributed by atoms with Crippen LogP contribution in [-0.2, 0) is 11.3 Å². The summed E-state index contributed by atoms with van der Waals surface area (Å²) in [6.45, 7) is 8.15. The smallest absolute Gasteiger partial charge is 0.0945 e. The minimum atomic E-state index is -0.405. The van der Waals surface area contributed by atoms with Crippen molar-refractivity contribution in [2.24, 2.45) is 5.92 Å². The van der Waals surface area contributed by atoms with Crippen LogP contribution in [0.4, 0.5) is 0 Å². The first-order valence-electron chi connectivity index (χ1n) is 8.10. The van der Waals surface area contributed by atoms with Gasteiger partial charge in [-0.05, 0) is 38.1 Å². The van der Waals surface area contributed by atoms with Gasteiger partial charge in [-0.15, -0.1) is 0 Å². The number of hydrogen-bond acceptors (Lipinski definition) is 4. The van der Waals surface area contributed by atoms with Crippen molar-refractivity contribution >= 4 is 0 Å². The highest BCUT2D eigenvalue weighted by Gasteiger charge is 2.03. The van der Waals surface area contributed by atoms with Gasteiger partial charge in [-0.1, -0.05) is 13.8 Å². The van der Waals surface area contributed by atoms with Gasteiger partial charge in [0.1, 0.15) is 0 Å². The number of nitrogens with zero attached hydrogens (tertiary/aromatic N) is 2. The quantitative estimate of drug-likeness (QED) is 0.547. The number of aliphatic hydroxyl groups excluding tert-OH is 1. The van der Waals surface area contributed by atoms with Crippen LogP contribution in [0.25, 0.3) is 0 Å². The Morgan fingerprint density at radius 1 is 1.29 bits per heavy atom. The number of aryl methyl sites for hydroxylation is 1. The van der Waals surface area contributed by atoms with Crippen molar-refractivity contribution in [3.63, 3.8) is 0 Å². The van der Waals surface area contributed by atoms with E-state index in [0.29, 0.717) is 13.2 Å². The molecule has 0 saturated heterocycles. The summed E-state index contributed by atoms with van der Waals surface area (Å²) in [6, 6.07) is 0. The van der Waals surface area contributed by atoms with Crippen LogP contribution in [0.5, 0.6) is 0 Å². The van der Waals surface area contributed by atoms with E-state index in [1.54, 1.807) is 6.20 Å². The molecule has 2 N–H and O–H groups in total. The fourth-order valence-electron chi connectivity index (χ4n) is 2.10. The van der Waals surface area contributed by atoms with Crippen molar-refractivity contribution < 1.29 is 9.84 Å². The molecular weight excluding hydrogens is 266 g/mol. The molecule has 1 aromatic heterocycles. The van der Waals surface area contributed by atoms with Crippen molar-refractivity contribution in [3.8, 4) is 0 Å². The van der Waals surface area contributed by atoms with Crippen LogP contribution in [0.1, 0.15) is 39.5 Å². The number of ether oxygens (including phenoxy) is 1. The zero-order valence-corrected chi connectivity index (χ0v) is 13.5. The topological polar surface area (TPSA) is 59.3 Å². The molecule has 1 unspecified atom stereocenters. The fourth-order valence-corrected chi connectivity index (χ4v) is 2.10. The van der Waals surface area contributed by atoms with Gasteiger partial charge in [0.2, 0.25) is 0 Å². The van der Waals surface area contributed by atoms with Gasteiger partial charge >= 0.3 is 0 Å². The lowest BCUT2D eigenvalue weighted by Gasteiger charge is -2.13. The number of aromatic nitrogens is 2. The van der Waals surface area contributed by atoms with Crippen molar-refractivity contribution in [1.29, 1.82) is 0 Å². The van der Waals surface area contributed by atoms with Crippen LogP contribution in [0.2, 0.25) is 0 Å². The van der Waals surface area contributed by atoms with Crippen LogP contribution in [0, 0.1) is 5.92 Å². The van der Waals surface area contributed by atoms with Crippen molar-refractivity contribution in [2.45, 2.75) is 52.2 Å². The maximum atomic E-state index is 9.76. The number of rotatable bonds is 13. The van der Waals surface area contributed by atoms with Crippen molar-refractivity contribution in [1.82, 2.24) is 14.9 Å².